The summed E-state index contributed by atoms with van der Waals surface area (Å²) in [5.74, 6) is -0.161. The van der Waals surface area contributed by atoms with Gasteiger partial charge in [0.25, 0.3) is 11.5 Å². The molecule has 0 spiro atoms. The number of unbranched alkanes of at least 4 members (excludes halogenated alkanes) is 1. The van der Waals surface area contributed by atoms with E-state index in [0.29, 0.717) is 28.2 Å². The van der Waals surface area contributed by atoms with E-state index in [9.17, 15) is 9.59 Å². The maximum atomic E-state index is 12.7. The first-order valence-corrected chi connectivity index (χ1v) is 9.65. The first-order chi connectivity index (χ1) is 12.5. The topological polar surface area (TPSA) is 64.0 Å². The van der Waals surface area contributed by atoms with Crippen LogP contribution in [0.3, 0.4) is 0 Å². The van der Waals surface area contributed by atoms with Gasteiger partial charge in [-0.15, -0.1) is 11.3 Å². The number of nitrogens with one attached hydrogen (secondary N) is 1. The highest BCUT2D eigenvalue weighted by atomic mass is 32.1. The second-order valence-corrected chi connectivity index (χ2v) is 7.50. The molecule has 2 aromatic heterocycles. The summed E-state index contributed by atoms with van der Waals surface area (Å²) in [5.41, 5.74) is 2.89. The van der Waals surface area contributed by atoms with E-state index in [-0.39, 0.29) is 11.5 Å². The highest BCUT2D eigenvalue weighted by Crippen LogP contribution is 2.26. The minimum atomic E-state index is -0.161. The number of benzene rings is 1. The highest BCUT2D eigenvalue weighted by Gasteiger charge is 2.19. The van der Waals surface area contributed by atoms with Crippen LogP contribution in [-0.2, 0) is 13.1 Å². The molecule has 0 aliphatic carbocycles. The lowest BCUT2D eigenvalue weighted by atomic mass is 10.1. The van der Waals surface area contributed by atoms with E-state index in [0.717, 1.165) is 24.0 Å². The summed E-state index contributed by atoms with van der Waals surface area (Å²) >= 11 is 1.28. The number of hydrogen-bond donors (Lipinski definition) is 1. The van der Waals surface area contributed by atoms with Crippen LogP contribution in [0.4, 0.5) is 0 Å². The SMILES string of the molecule is CCCCn1cnc2sc(C(=O)NCc3ccc(C)cc3)c(C)c2c1=O. The summed E-state index contributed by atoms with van der Waals surface area (Å²) in [4.78, 5) is 30.9. The summed E-state index contributed by atoms with van der Waals surface area (Å²) in [6.07, 6.45) is 3.53. The van der Waals surface area contributed by atoms with Gasteiger partial charge in [-0.05, 0) is 31.4 Å². The van der Waals surface area contributed by atoms with Gasteiger partial charge in [0.05, 0.1) is 16.6 Å². The minimum absolute atomic E-state index is 0.0604. The third-order valence-corrected chi connectivity index (χ3v) is 5.65. The summed E-state index contributed by atoms with van der Waals surface area (Å²) in [7, 11) is 0. The van der Waals surface area contributed by atoms with E-state index in [4.69, 9.17) is 0 Å². The lowest BCUT2D eigenvalue weighted by Gasteiger charge is -2.05. The standard InChI is InChI=1S/C20H23N3O2S/c1-4-5-10-23-12-22-19-16(20(23)25)14(3)17(26-19)18(24)21-11-15-8-6-13(2)7-9-15/h6-9,12H,4-5,10-11H2,1-3H3,(H,21,24). The van der Waals surface area contributed by atoms with Gasteiger partial charge in [-0.1, -0.05) is 43.2 Å². The molecule has 2 heterocycles. The summed E-state index contributed by atoms with van der Waals surface area (Å²) < 4.78 is 1.64. The van der Waals surface area contributed by atoms with Crippen LogP contribution in [0.25, 0.3) is 10.2 Å². The van der Waals surface area contributed by atoms with Crippen molar-refractivity contribution in [1.29, 1.82) is 0 Å². The normalized spacial score (nSPS) is 11.0. The molecule has 136 valence electrons. The molecule has 6 heteroatoms. The van der Waals surface area contributed by atoms with Crippen molar-refractivity contribution >= 4 is 27.5 Å². The van der Waals surface area contributed by atoms with Crippen molar-refractivity contribution in [2.75, 3.05) is 0 Å². The molecule has 1 N–H and O–H groups in total. The number of aromatic nitrogens is 2. The van der Waals surface area contributed by atoms with Gasteiger partial charge in [-0.2, -0.15) is 0 Å². The average molecular weight is 369 g/mol. The second kappa shape index (κ2) is 7.83. The summed E-state index contributed by atoms with van der Waals surface area (Å²) in [6, 6.07) is 8.05. The van der Waals surface area contributed by atoms with Crippen LogP contribution < -0.4 is 10.9 Å². The number of hydrogen-bond acceptors (Lipinski definition) is 4. The third kappa shape index (κ3) is 3.70. The molecule has 3 rings (SSSR count). The predicted octanol–water partition coefficient (Wildman–Crippen LogP) is 3.80. The first-order valence-electron chi connectivity index (χ1n) is 8.83. The maximum absolute atomic E-state index is 12.7. The van der Waals surface area contributed by atoms with E-state index >= 15 is 0 Å². The molecule has 0 aliphatic rings. The van der Waals surface area contributed by atoms with Crippen molar-refractivity contribution in [3.63, 3.8) is 0 Å². The Labute approximate surface area is 156 Å². The zero-order chi connectivity index (χ0) is 18.7. The molecule has 0 bridgehead atoms. The van der Waals surface area contributed by atoms with E-state index in [1.165, 1.54) is 16.9 Å². The van der Waals surface area contributed by atoms with Crippen molar-refractivity contribution in [1.82, 2.24) is 14.9 Å². The number of thiophene rings is 1. The fourth-order valence-corrected chi connectivity index (χ4v) is 3.89. The Morgan fingerprint density at radius 1 is 1.23 bits per heavy atom. The molecule has 0 radical (unpaired) electrons. The number of fused-ring (bicyclic) bond motifs is 1. The zero-order valence-electron chi connectivity index (χ0n) is 15.3. The number of carbonyl (C=O) groups excluding carboxylic acids is 1. The maximum Gasteiger partial charge on any atom is 0.262 e. The summed E-state index contributed by atoms with van der Waals surface area (Å²) in [6.45, 7) is 7.06. The molecule has 5 nitrogen and oxygen atoms in total. The fraction of sp³-hybridized carbons (Fsp3) is 0.350. The number of rotatable bonds is 6. The Morgan fingerprint density at radius 3 is 2.65 bits per heavy atom. The highest BCUT2D eigenvalue weighted by molar-refractivity contribution is 7.20. The van der Waals surface area contributed by atoms with Crippen molar-refractivity contribution in [2.45, 2.75) is 46.7 Å². The number of nitrogens with zero attached hydrogens (tertiary/aromatic N) is 2. The quantitative estimate of drug-likeness (QED) is 0.719. The molecule has 1 aromatic carbocycles. The van der Waals surface area contributed by atoms with Gasteiger partial charge in [0.15, 0.2) is 0 Å². The van der Waals surface area contributed by atoms with Crippen molar-refractivity contribution in [3.05, 3.63) is 62.5 Å². The van der Waals surface area contributed by atoms with Gasteiger partial charge >= 0.3 is 0 Å². The molecule has 3 aromatic rings. The average Bonchev–Trinajstić information content (AvgIpc) is 2.98. The van der Waals surface area contributed by atoms with Crippen LogP contribution in [0.5, 0.6) is 0 Å². The van der Waals surface area contributed by atoms with Gasteiger partial charge < -0.3 is 5.32 Å². The molecular weight excluding hydrogens is 346 g/mol. The molecule has 26 heavy (non-hydrogen) atoms. The Kier molecular flexibility index (Phi) is 5.52. The minimum Gasteiger partial charge on any atom is -0.347 e. The van der Waals surface area contributed by atoms with Crippen molar-refractivity contribution < 1.29 is 4.79 Å². The Morgan fingerprint density at radius 2 is 1.96 bits per heavy atom. The van der Waals surface area contributed by atoms with Crippen LogP contribution in [-0.4, -0.2) is 15.5 Å². The second-order valence-electron chi connectivity index (χ2n) is 6.50. The molecular formula is C20H23N3O2S. The van der Waals surface area contributed by atoms with Crippen LogP contribution in [0, 0.1) is 13.8 Å². The van der Waals surface area contributed by atoms with Crippen LogP contribution >= 0.6 is 11.3 Å². The van der Waals surface area contributed by atoms with Crippen molar-refractivity contribution in [2.24, 2.45) is 0 Å². The van der Waals surface area contributed by atoms with Gasteiger partial charge in [-0.3, -0.25) is 14.2 Å². The molecule has 0 saturated heterocycles. The van der Waals surface area contributed by atoms with E-state index in [1.54, 1.807) is 10.9 Å². The van der Waals surface area contributed by atoms with Gasteiger partial charge in [0.2, 0.25) is 0 Å². The van der Waals surface area contributed by atoms with Gasteiger partial charge in [0.1, 0.15) is 4.83 Å². The van der Waals surface area contributed by atoms with Crippen LogP contribution in [0.1, 0.15) is 46.1 Å². The molecule has 0 fully saturated rings. The third-order valence-electron chi connectivity index (χ3n) is 4.45. The van der Waals surface area contributed by atoms with E-state index in [2.05, 4.69) is 17.2 Å². The molecule has 0 saturated carbocycles. The van der Waals surface area contributed by atoms with Gasteiger partial charge in [-0.25, -0.2) is 4.98 Å². The monoisotopic (exact) mass is 369 g/mol. The molecule has 0 atom stereocenters. The van der Waals surface area contributed by atoms with Crippen LogP contribution in [0.15, 0.2) is 35.4 Å². The molecule has 0 aliphatic heterocycles. The van der Waals surface area contributed by atoms with Crippen LogP contribution in [0.2, 0.25) is 0 Å². The smallest absolute Gasteiger partial charge is 0.262 e. The number of amides is 1. The van der Waals surface area contributed by atoms with E-state index < -0.39 is 0 Å². The largest absolute Gasteiger partial charge is 0.347 e. The zero-order valence-corrected chi connectivity index (χ0v) is 16.2. The van der Waals surface area contributed by atoms with E-state index in [1.807, 2.05) is 38.1 Å². The number of carbonyl (C=O) groups is 1. The first kappa shape index (κ1) is 18.3. The molecule has 1 amide bonds. The molecule has 0 unspecified atom stereocenters. The fourth-order valence-electron chi connectivity index (χ4n) is 2.83. The Hall–Kier alpha value is -2.47. The summed E-state index contributed by atoms with van der Waals surface area (Å²) in [5, 5.41) is 3.50. The lowest BCUT2D eigenvalue weighted by molar-refractivity contribution is 0.0954. The van der Waals surface area contributed by atoms with Gasteiger partial charge in [0, 0.05) is 13.1 Å². The predicted molar refractivity (Wildman–Crippen MR) is 106 cm³/mol. The Balaban J connectivity index is 1.84. The Bertz CT molecular complexity index is 987. The lowest BCUT2D eigenvalue weighted by Crippen LogP contribution is -2.23. The van der Waals surface area contributed by atoms with Crippen molar-refractivity contribution in [3.8, 4) is 0 Å². The number of aryl methyl sites for hydroxylation is 3.